The van der Waals surface area contributed by atoms with Gasteiger partial charge in [-0.25, -0.2) is 13.4 Å². The second kappa shape index (κ2) is 10.6. The van der Waals surface area contributed by atoms with Gasteiger partial charge < -0.3 is 14.2 Å². The van der Waals surface area contributed by atoms with E-state index in [1.165, 1.54) is 6.33 Å². The van der Waals surface area contributed by atoms with Crippen LogP contribution in [-0.2, 0) is 18.8 Å². The maximum atomic E-state index is 12.0. The monoisotopic (exact) mass is 546 g/mol. The van der Waals surface area contributed by atoms with Crippen LogP contribution in [0.4, 0.5) is 11.5 Å². The Balaban J connectivity index is 1.28. The molecule has 5 rings (SSSR count). The summed E-state index contributed by atoms with van der Waals surface area (Å²) in [6, 6.07) is 6.66. The molecule has 2 aliphatic rings. The minimum atomic E-state index is -3.94. The molecule has 0 amide bonds. The van der Waals surface area contributed by atoms with Gasteiger partial charge in [0.15, 0.2) is 5.82 Å². The van der Waals surface area contributed by atoms with Gasteiger partial charge in [-0.2, -0.15) is 18.4 Å². The highest BCUT2D eigenvalue weighted by molar-refractivity contribution is 7.81. The number of rotatable bonds is 7. The average molecular weight is 547 g/mol. The summed E-state index contributed by atoms with van der Waals surface area (Å²) in [6.07, 6.45) is 2.59. The Kier molecular flexibility index (Phi) is 7.23. The number of piperidine rings is 1. The van der Waals surface area contributed by atoms with Crippen molar-refractivity contribution >= 4 is 21.9 Å². The van der Waals surface area contributed by atoms with Crippen LogP contribution in [0.25, 0.3) is 0 Å². The second-order valence-electron chi connectivity index (χ2n) is 9.36. The number of aromatic nitrogens is 4. The summed E-state index contributed by atoms with van der Waals surface area (Å²) in [5.74, 6) is 1.54. The van der Waals surface area contributed by atoms with E-state index in [1.807, 2.05) is 18.7 Å². The highest BCUT2D eigenvalue weighted by atomic mass is 32.3. The van der Waals surface area contributed by atoms with Crippen LogP contribution < -0.4 is 9.64 Å². The molecule has 2 fully saturated rings. The lowest BCUT2D eigenvalue weighted by atomic mass is 9.96. The summed E-state index contributed by atoms with van der Waals surface area (Å²) in [5.41, 5.74) is 0.448. The summed E-state index contributed by atoms with van der Waals surface area (Å²) in [4.78, 5) is 26.1. The van der Waals surface area contributed by atoms with E-state index in [1.54, 1.807) is 24.3 Å². The van der Waals surface area contributed by atoms with Crippen LogP contribution in [0.5, 0.6) is 11.6 Å². The van der Waals surface area contributed by atoms with Crippen molar-refractivity contribution in [3.63, 3.8) is 0 Å². The van der Waals surface area contributed by atoms with Crippen LogP contribution >= 0.6 is 0 Å². The summed E-state index contributed by atoms with van der Waals surface area (Å²) >= 11 is 0. The molecular formula is C23H26N6O8S. The van der Waals surface area contributed by atoms with Gasteiger partial charge in [0.2, 0.25) is 11.7 Å². The van der Waals surface area contributed by atoms with Crippen molar-refractivity contribution in [3.8, 4) is 11.6 Å². The molecule has 0 atom stereocenters. The number of benzene rings is 1. The molecular weight excluding hydrogens is 520 g/mol. The number of ether oxygens (including phenoxy) is 1. The Morgan fingerprint density at radius 1 is 1.08 bits per heavy atom. The van der Waals surface area contributed by atoms with E-state index in [-0.39, 0.29) is 48.4 Å². The minimum Gasteiger partial charge on any atom is -0.434 e. The molecule has 0 radical (unpaired) electrons. The van der Waals surface area contributed by atoms with E-state index in [0.29, 0.717) is 43.4 Å². The van der Waals surface area contributed by atoms with Crippen molar-refractivity contribution in [2.45, 2.75) is 44.4 Å². The molecule has 0 unspecified atom stereocenters. The lowest BCUT2D eigenvalue weighted by Gasteiger charge is -2.30. The maximum absolute atomic E-state index is 12.0. The first kappa shape index (κ1) is 25.9. The summed E-state index contributed by atoms with van der Waals surface area (Å²) in [7, 11) is -3.94. The Labute approximate surface area is 218 Å². The molecule has 0 saturated carbocycles. The van der Waals surface area contributed by atoms with Gasteiger partial charge in [0.1, 0.15) is 12.1 Å². The first-order valence-electron chi connectivity index (χ1n) is 12.1. The van der Waals surface area contributed by atoms with Crippen molar-refractivity contribution in [2.24, 2.45) is 0 Å². The smallest absolute Gasteiger partial charge is 0.399 e. The molecule has 1 aromatic carbocycles. The van der Waals surface area contributed by atoms with Crippen LogP contribution in [0.1, 0.15) is 61.7 Å². The number of hydrogen-bond donors (Lipinski definition) is 0. The van der Waals surface area contributed by atoms with Crippen LogP contribution in [0.2, 0.25) is 0 Å². The van der Waals surface area contributed by atoms with Gasteiger partial charge in [-0.15, -0.1) is 0 Å². The fourth-order valence-electron chi connectivity index (χ4n) is 4.33. The largest absolute Gasteiger partial charge is 0.434 e. The van der Waals surface area contributed by atoms with E-state index in [9.17, 15) is 18.5 Å². The zero-order valence-electron chi connectivity index (χ0n) is 20.7. The van der Waals surface area contributed by atoms with E-state index < -0.39 is 15.3 Å². The minimum absolute atomic E-state index is 0.0364. The number of anilines is 1. The standard InChI is InChI=1S/C23H26N6O8S/c1-14(2)20-26-22(37-27-20)16-7-9-28(10-8-16)21-19(29(30)31)23(25-13-24-21)36-18-5-3-15(4-6-18)17-11-34-38(32,33)35-12-17/h3-6,13-14,16-17H,7-12H2,1-2H3. The van der Waals surface area contributed by atoms with Crippen LogP contribution in [0.15, 0.2) is 35.1 Å². The molecule has 15 heteroatoms. The third kappa shape index (κ3) is 5.58. The zero-order chi connectivity index (χ0) is 26.9. The molecule has 3 aromatic rings. The molecule has 2 saturated heterocycles. The van der Waals surface area contributed by atoms with Gasteiger partial charge in [-0.05, 0) is 30.5 Å². The van der Waals surface area contributed by atoms with E-state index >= 15 is 0 Å². The van der Waals surface area contributed by atoms with Gasteiger partial charge in [0, 0.05) is 30.8 Å². The van der Waals surface area contributed by atoms with Gasteiger partial charge in [0.25, 0.3) is 0 Å². The zero-order valence-corrected chi connectivity index (χ0v) is 21.5. The van der Waals surface area contributed by atoms with Crippen molar-refractivity contribution in [1.29, 1.82) is 0 Å². The fraction of sp³-hybridized carbons (Fsp3) is 0.478. The fourth-order valence-corrected chi connectivity index (χ4v) is 5.06. The number of hydrogen-bond acceptors (Lipinski definition) is 13. The van der Waals surface area contributed by atoms with Gasteiger partial charge in [-0.3, -0.25) is 10.1 Å². The molecule has 0 aliphatic carbocycles. The first-order valence-corrected chi connectivity index (χ1v) is 13.4. The molecule has 202 valence electrons. The highest BCUT2D eigenvalue weighted by Gasteiger charge is 2.33. The topological polar surface area (TPSA) is 173 Å². The molecule has 0 bridgehead atoms. The molecule has 14 nitrogen and oxygen atoms in total. The predicted molar refractivity (Wildman–Crippen MR) is 131 cm³/mol. The SMILES string of the molecule is CC(C)c1noc(C2CCN(c3ncnc(Oc4ccc(C5COS(=O)(=O)OC5)cc4)c3[N+](=O)[O-])CC2)n1. The maximum Gasteiger partial charge on any atom is 0.399 e. The average Bonchev–Trinajstić information content (AvgIpc) is 3.40. The van der Waals surface area contributed by atoms with Crippen molar-refractivity contribution in [3.05, 3.63) is 58.0 Å². The highest BCUT2D eigenvalue weighted by Crippen LogP contribution is 2.39. The number of nitrogens with zero attached hydrogens (tertiary/aromatic N) is 6. The lowest BCUT2D eigenvalue weighted by molar-refractivity contribution is -0.385. The van der Waals surface area contributed by atoms with Crippen molar-refractivity contribution in [2.75, 3.05) is 31.2 Å². The van der Waals surface area contributed by atoms with Crippen LogP contribution in [0, 0.1) is 10.1 Å². The third-order valence-corrected chi connectivity index (χ3v) is 7.31. The normalized spacial score (nSPS) is 18.6. The van der Waals surface area contributed by atoms with Crippen molar-refractivity contribution in [1.82, 2.24) is 20.1 Å². The first-order chi connectivity index (χ1) is 18.2. The Bertz CT molecular complexity index is 1390. The van der Waals surface area contributed by atoms with E-state index in [2.05, 4.69) is 20.1 Å². The van der Waals surface area contributed by atoms with Crippen molar-refractivity contribution < 1.29 is 31.0 Å². The Morgan fingerprint density at radius 3 is 2.37 bits per heavy atom. The van der Waals surface area contributed by atoms with Gasteiger partial charge >= 0.3 is 22.0 Å². The molecule has 38 heavy (non-hydrogen) atoms. The second-order valence-corrected chi connectivity index (χ2v) is 10.6. The van der Waals surface area contributed by atoms with E-state index in [4.69, 9.17) is 17.6 Å². The lowest BCUT2D eigenvalue weighted by Crippen LogP contribution is -2.34. The molecule has 2 aliphatic heterocycles. The third-order valence-electron chi connectivity index (χ3n) is 6.46. The summed E-state index contributed by atoms with van der Waals surface area (Å²) in [5, 5.41) is 16.1. The van der Waals surface area contributed by atoms with Crippen LogP contribution in [-0.4, -0.2) is 59.8 Å². The summed E-state index contributed by atoms with van der Waals surface area (Å²) < 4.78 is 43.2. The molecule has 0 spiro atoms. The van der Waals surface area contributed by atoms with Crippen LogP contribution in [0.3, 0.4) is 0 Å². The Morgan fingerprint density at radius 2 is 1.76 bits per heavy atom. The van der Waals surface area contributed by atoms with E-state index in [0.717, 1.165) is 5.56 Å². The molecule has 4 heterocycles. The number of nitro groups is 1. The quantitative estimate of drug-likeness (QED) is 0.312. The molecule has 2 aromatic heterocycles. The van der Waals surface area contributed by atoms with Gasteiger partial charge in [-0.1, -0.05) is 31.1 Å². The molecule has 0 N–H and O–H groups in total. The van der Waals surface area contributed by atoms with Gasteiger partial charge in [0.05, 0.1) is 18.1 Å². The Hall–Kier alpha value is -3.69. The predicted octanol–water partition coefficient (Wildman–Crippen LogP) is 3.44. The summed E-state index contributed by atoms with van der Waals surface area (Å²) in [6.45, 7) is 4.94.